The van der Waals surface area contributed by atoms with Gasteiger partial charge in [0.25, 0.3) is 0 Å². The fourth-order valence-corrected chi connectivity index (χ4v) is 1.84. The molecule has 0 saturated carbocycles. The highest BCUT2D eigenvalue weighted by Gasteiger charge is 2.06. The molecule has 0 bridgehead atoms. The molecule has 102 valence electrons. The van der Waals surface area contributed by atoms with Crippen LogP contribution in [0.5, 0.6) is 0 Å². The van der Waals surface area contributed by atoms with Crippen molar-refractivity contribution in [3.8, 4) is 6.07 Å². The van der Waals surface area contributed by atoms with Crippen LogP contribution in [0.3, 0.4) is 0 Å². The van der Waals surface area contributed by atoms with Crippen molar-refractivity contribution < 1.29 is 0 Å². The standard InChI is InChI=1S/C14H14ClN5/c1-3-12-19-13(17-2)7-14(20-12)18-11-6-9(8-16)4-5-10(11)15/h4-7H,3H2,1-2H3,(H2,17,18,19,20). The molecule has 0 aliphatic rings. The molecule has 0 amide bonds. The number of halogens is 1. The Morgan fingerprint density at radius 2 is 2.00 bits per heavy atom. The predicted molar refractivity (Wildman–Crippen MR) is 80.4 cm³/mol. The van der Waals surface area contributed by atoms with Gasteiger partial charge in [0.05, 0.1) is 22.3 Å². The Bertz CT molecular complexity index is 641. The van der Waals surface area contributed by atoms with Crippen LogP contribution in [-0.4, -0.2) is 17.0 Å². The quantitative estimate of drug-likeness (QED) is 0.902. The lowest BCUT2D eigenvalue weighted by molar-refractivity contribution is 0.945. The van der Waals surface area contributed by atoms with E-state index in [0.717, 1.165) is 18.1 Å². The maximum Gasteiger partial charge on any atom is 0.136 e. The first kappa shape index (κ1) is 14.1. The molecule has 2 aromatic rings. The Kier molecular flexibility index (Phi) is 4.38. The smallest absolute Gasteiger partial charge is 0.136 e. The summed E-state index contributed by atoms with van der Waals surface area (Å²) in [7, 11) is 1.80. The molecular weight excluding hydrogens is 274 g/mol. The van der Waals surface area contributed by atoms with Crippen molar-refractivity contribution in [1.29, 1.82) is 5.26 Å². The second kappa shape index (κ2) is 6.22. The molecule has 0 saturated heterocycles. The van der Waals surface area contributed by atoms with E-state index in [2.05, 4.69) is 26.7 Å². The van der Waals surface area contributed by atoms with Gasteiger partial charge in [-0.15, -0.1) is 0 Å². The van der Waals surface area contributed by atoms with Gasteiger partial charge in [-0.05, 0) is 18.2 Å². The molecule has 0 atom stereocenters. The minimum Gasteiger partial charge on any atom is -0.373 e. The summed E-state index contributed by atoms with van der Waals surface area (Å²) in [6, 6.07) is 8.91. The summed E-state index contributed by atoms with van der Waals surface area (Å²) in [6.07, 6.45) is 0.732. The first-order valence-corrected chi connectivity index (χ1v) is 6.56. The number of benzene rings is 1. The van der Waals surface area contributed by atoms with E-state index < -0.39 is 0 Å². The van der Waals surface area contributed by atoms with Crippen LogP contribution in [0, 0.1) is 11.3 Å². The highest BCUT2D eigenvalue weighted by molar-refractivity contribution is 6.33. The lowest BCUT2D eigenvalue weighted by Crippen LogP contribution is -2.03. The molecule has 0 aliphatic carbocycles. The molecule has 0 radical (unpaired) electrons. The van der Waals surface area contributed by atoms with Gasteiger partial charge >= 0.3 is 0 Å². The van der Waals surface area contributed by atoms with Gasteiger partial charge in [0.2, 0.25) is 0 Å². The third kappa shape index (κ3) is 3.16. The zero-order chi connectivity index (χ0) is 14.5. The summed E-state index contributed by atoms with van der Waals surface area (Å²) in [6.45, 7) is 1.99. The molecule has 2 rings (SSSR count). The minimum atomic E-state index is 0.534. The van der Waals surface area contributed by atoms with Gasteiger partial charge in [0.15, 0.2) is 0 Å². The molecule has 0 aliphatic heterocycles. The van der Waals surface area contributed by atoms with E-state index in [1.807, 2.05) is 6.92 Å². The van der Waals surface area contributed by atoms with E-state index in [9.17, 15) is 0 Å². The normalized spacial score (nSPS) is 9.90. The van der Waals surface area contributed by atoms with Gasteiger partial charge in [0, 0.05) is 19.5 Å². The number of anilines is 3. The van der Waals surface area contributed by atoms with Crippen LogP contribution >= 0.6 is 11.6 Å². The van der Waals surface area contributed by atoms with Gasteiger partial charge in [-0.1, -0.05) is 18.5 Å². The number of nitrogens with zero attached hydrogens (tertiary/aromatic N) is 3. The molecule has 1 aromatic heterocycles. The molecular formula is C14H14ClN5. The van der Waals surface area contributed by atoms with E-state index >= 15 is 0 Å². The Morgan fingerprint density at radius 3 is 2.65 bits per heavy atom. The SMILES string of the molecule is CCc1nc(NC)cc(Nc2cc(C#N)ccc2Cl)n1. The molecule has 0 unspecified atom stereocenters. The van der Waals surface area contributed by atoms with Gasteiger partial charge in [-0.3, -0.25) is 0 Å². The zero-order valence-corrected chi connectivity index (χ0v) is 12.0. The molecule has 5 nitrogen and oxygen atoms in total. The first-order chi connectivity index (χ1) is 9.66. The fourth-order valence-electron chi connectivity index (χ4n) is 1.68. The van der Waals surface area contributed by atoms with Crippen LogP contribution in [0.2, 0.25) is 5.02 Å². The molecule has 0 fully saturated rings. The lowest BCUT2D eigenvalue weighted by Gasteiger charge is -2.10. The van der Waals surface area contributed by atoms with Gasteiger partial charge in [-0.2, -0.15) is 5.26 Å². The van der Waals surface area contributed by atoms with Crippen molar-refractivity contribution in [2.24, 2.45) is 0 Å². The minimum absolute atomic E-state index is 0.534. The molecule has 1 aromatic carbocycles. The van der Waals surface area contributed by atoms with Crippen molar-refractivity contribution in [3.63, 3.8) is 0 Å². The van der Waals surface area contributed by atoms with Gasteiger partial charge in [0.1, 0.15) is 17.5 Å². The van der Waals surface area contributed by atoms with Crippen molar-refractivity contribution in [2.75, 3.05) is 17.7 Å². The first-order valence-electron chi connectivity index (χ1n) is 6.18. The summed E-state index contributed by atoms with van der Waals surface area (Å²) in [5.41, 5.74) is 1.18. The monoisotopic (exact) mass is 287 g/mol. The average molecular weight is 288 g/mol. The highest BCUT2D eigenvalue weighted by atomic mass is 35.5. The molecule has 1 heterocycles. The summed E-state index contributed by atoms with van der Waals surface area (Å²) < 4.78 is 0. The Morgan fingerprint density at radius 1 is 1.25 bits per heavy atom. The van der Waals surface area contributed by atoms with Crippen LogP contribution in [0.1, 0.15) is 18.3 Å². The maximum atomic E-state index is 8.93. The van der Waals surface area contributed by atoms with Gasteiger partial charge < -0.3 is 10.6 Å². The fraction of sp³-hybridized carbons (Fsp3) is 0.214. The number of aryl methyl sites for hydroxylation is 1. The summed E-state index contributed by atoms with van der Waals surface area (Å²) in [5, 5.41) is 15.6. The van der Waals surface area contributed by atoms with Crippen LogP contribution in [0.15, 0.2) is 24.3 Å². The molecule has 6 heteroatoms. The van der Waals surface area contributed by atoms with Crippen LogP contribution in [0.4, 0.5) is 17.3 Å². The van der Waals surface area contributed by atoms with Crippen molar-refractivity contribution >= 4 is 28.9 Å². The van der Waals surface area contributed by atoms with Crippen LogP contribution in [0.25, 0.3) is 0 Å². The van der Waals surface area contributed by atoms with Crippen molar-refractivity contribution in [2.45, 2.75) is 13.3 Å². The Hall–Kier alpha value is -2.32. The molecule has 0 spiro atoms. The second-order valence-electron chi connectivity index (χ2n) is 4.09. The number of aromatic nitrogens is 2. The average Bonchev–Trinajstić information content (AvgIpc) is 2.49. The number of rotatable bonds is 4. The summed E-state index contributed by atoms with van der Waals surface area (Å²) >= 11 is 6.12. The van der Waals surface area contributed by atoms with Crippen molar-refractivity contribution in [1.82, 2.24) is 9.97 Å². The Labute approximate surface area is 122 Å². The summed E-state index contributed by atoms with van der Waals surface area (Å²) in [5.74, 6) is 2.09. The maximum absolute atomic E-state index is 8.93. The van der Waals surface area contributed by atoms with Crippen LogP contribution in [-0.2, 0) is 6.42 Å². The number of nitrogens with one attached hydrogen (secondary N) is 2. The number of nitriles is 1. The van der Waals surface area contributed by atoms with E-state index in [4.69, 9.17) is 16.9 Å². The van der Waals surface area contributed by atoms with Gasteiger partial charge in [-0.25, -0.2) is 9.97 Å². The third-order valence-corrected chi connectivity index (χ3v) is 3.03. The summed E-state index contributed by atoms with van der Waals surface area (Å²) in [4.78, 5) is 8.71. The van der Waals surface area contributed by atoms with Crippen molar-refractivity contribution in [3.05, 3.63) is 40.7 Å². The highest BCUT2D eigenvalue weighted by Crippen LogP contribution is 2.26. The number of hydrogen-bond acceptors (Lipinski definition) is 5. The van der Waals surface area contributed by atoms with Crippen LogP contribution < -0.4 is 10.6 Å². The number of hydrogen-bond donors (Lipinski definition) is 2. The third-order valence-electron chi connectivity index (χ3n) is 2.70. The predicted octanol–water partition coefficient (Wildman–Crippen LogP) is 3.35. The zero-order valence-electron chi connectivity index (χ0n) is 11.2. The van der Waals surface area contributed by atoms with E-state index in [1.165, 1.54) is 0 Å². The van der Waals surface area contributed by atoms with E-state index in [0.29, 0.717) is 22.1 Å². The Balaban J connectivity index is 2.36. The molecule has 20 heavy (non-hydrogen) atoms. The lowest BCUT2D eigenvalue weighted by atomic mass is 10.2. The molecule has 2 N–H and O–H groups in total. The topological polar surface area (TPSA) is 73.6 Å². The van der Waals surface area contributed by atoms with E-state index in [1.54, 1.807) is 31.3 Å². The second-order valence-corrected chi connectivity index (χ2v) is 4.50. The van der Waals surface area contributed by atoms with E-state index in [-0.39, 0.29) is 0 Å². The largest absolute Gasteiger partial charge is 0.373 e.